The Hall–Kier alpha value is -3.00. The number of nitriles is 1. The highest BCUT2D eigenvalue weighted by molar-refractivity contribution is 6.37. The molecule has 0 bridgehead atoms. The fraction of sp³-hybridized carbons (Fsp3) is 0.385. The van der Waals surface area contributed by atoms with Crippen molar-refractivity contribution in [1.29, 1.82) is 5.26 Å². The maximum atomic E-state index is 9.76. The van der Waals surface area contributed by atoms with Gasteiger partial charge in [-0.3, -0.25) is 14.8 Å². The van der Waals surface area contributed by atoms with E-state index in [9.17, 15) is 5.26 Å². The molecule has 1 fully saturated rings. The molecule has 11 heteroatoms. The number of benzene rings is 2. The maximum Gasteiger partial charge on any atom is 0.163 e. The molecular formula is C26H30Cl2N6O3. The summed E-state index contributed by atoms with van der Waals surface area (Å²) in [6.45, 7) is 6.96. The van der Waals surface area contributed by atoms with Gasteiger partial charge in [0.15, 0.2) is 11.5 Å². The zero-order valence-corrected chi connectivity index (χ0v) is 22.4. The fourth-order valence-corrected chi connectivity index (χ4v) is 4.82. The van der Waals surface area contributed by atoms with E-state index in [-0.39, 0.29) is 0 Å². The third-order valence-electron chi connectivity index (χ3n) is 6.35. The highest BCUT2D eigenvalue weighted by Gasteiger charge is 2.18. The molecule has 4 rings (SSSR count). The molecule has 0 atom stereocenters. The van der Waals surface area contributed by atoms with Gasteiger partial charge >= 0.3 is 0 Å². The summed E-state index contributed by atoms with van der Waals surface area (Å²) in [5.74, 6) is 1.59. The largest absolute Gasteiger partial charge is 0.495 e. The lowest BCUT2D eigenvalue weighted by atomic mass is 10.1. The lowest BCUT2D eigenvalue weighted by molar-refractivity contribution is 0.118. The number of aromatic nitrogens is 1. The van der Waals surface area contributed by atoms with Crippen molar-refractivity contribution in [1.82, 2.24) is 14.8 Å². The van der Waals surface area contributed by atoms with Gasteiger partial charge in [-0.25, -0.2) is 0 Å². The van der Waals surface area contributed by atoms with Gasteiger partial charge in [0.05, 0.1) is 46.7 Å². The number of ether oxygens (including phenoxy) is 3. The zero-order valence-electron chi connectivity index (χ0n) is 20.9. The number of halogens is 2. The van der Waals surface area contributed by atoms with Crippen molar-refractivity contribution in [3.63, 3.8) is 0 Å². The summed E-state index contributed by atoms with van der Waals surface area (Å²) < 4.78 is 17.1. The fourth-order valence-electron chi connectivity index (χ4n) is 4.31. The molecule has 2 aromatic carbocycles. The van der Waals surface area contributed by atoms with Crippen LogP contribution in [0.1, 0.15) is 5.56 Å². The quantitative estimate of drug-likeness (QED) is 0.389. The Morgan fingerprint density at radius 2 is 1.68 bits per heavy atom. The maximum absolute atomic E-state index is 9.76. The molecule has 3 aromatic rings. The number of pyridine rings is 1. The van der Waals surface area contributed by atoms with Crippen LogP contribution in [0.4, 0.5) is 11.4 Å². The molecule has 0 unspecified atom stereocenters. The van der Waals surface area contributed by atoms with E-state index < -0.39 is 0 Å². The van der Waals surface area contributed by atoms with Crippen LogP contribution >= 0.6 is 23.2 Å². The molecular weight excluding hydrogens is 515 g/mol. The van der Waals surface area contributed by atoms with Crippen molar-refractivity contribution < 1.29 is 14.2 Å². The standard InChI is InChI=1S/C26H30Cl2N6O3/c1-35-23-14-22(19(27)12-20(23)28)32-26-17(15-30)16-31-21-13-25(24(36-2)11-18(21)26)37-10-9-34-7-5-33(4-3-29)6-8-34/h11-14,16H,3-10,29H2,1-2H3,(H,31,32). The van der Waals surface area contributed by atoms with Crippen LogP contribution in [-0.2, 0) is 0 Å². The van der Waals surface area contributed by atoms with Gasteiger partial charge in [0, 0.05) is 69.5 Å². The molecule has 0 aliphatic carbocycles. The minimum absolute atomic E-state index is 0.349. The van der Waals surface area contributed by atoms with Crippen molar-refractivity contribution >= 4 is 45.5 Å². The first-order chi connectivity index (χ1) is 18.0. The van der Waals surface area contributed by atoms with E-state index >= 15 is 0 Å². The Morgan fingerprint density at radius 3 is 2.32 bits per heavy atom. The Morgan fingerprint density at radius 1 is 0.973 bits per heavy atom. The summed E-state index contributed by atoms with van der Waals surface area (Å²) in [5.41, 5.74) is 7.74. The molecule has 1 saturated heterocycles. The number of nitrogens with zero attached hydrogens (tertiary/aromatic N) is 4. The second kappa shape index (κ2) is 12.5. The molecule has 2 heterocycles. The lowest BCUT2D eigenvalue weighted by Crippen LogP contribution is -2.48. The summed E-state index contributed by atoms with van der Waals surface area (Å²) in [5, 5.41) is 14.5. The van der Waals surface area contributed by atoms with E-state index in [2.05, 4.69) is 26.2 Å². The number of methoxy groups -OCH3 is 2. The number of hydrogen-bond donors (Lipinski definition) is 2. The molecule has 1 aliphatic heterocycles. The third-order valence-corrected chi connectivity index (χ3v) is 6.96. The van der Waals surface area contributed by atoms with E-state index in [0.29, 0.717) is 68.3 Å². The van der Waals surface area contributed by atoms with Crippen LogP contribution in [0, 0.1) is 11.3 Å². The molecule has 0 saturated carbocycles. The number of rotatable bonds is 10. The Bertz CT molecular complexity index is 1290. The van der Waals surface area contributed by atoms with E-state index in [4.69, 9.17) is 43.1 Å². The average molecular weight is 545 g/mol. The van der Waals surface area contributed by atoms with Crippen LogP contribution < -0.4 is 25.3 Å². The van der Waals surface area contributed by atoms with Gasteiger partial charge in [0.2, 0.25) is 0 Å². The average Bonchev–Trinajstić information content (AvgIpc) is 2.91. The Balaban J connectivity index is 1.56. The molecule has 9 nitrogen and oxygen atoms in total. The third kappa shape index (κ3) is 6.29. The highest BCUT2D eigenvalue weighted by atomic mass is 35.5. The summed E-state index contributed by atoms with van der Waals surface area (Å²) >= 11 is 12.6. The minimum Gasteiger partial charge on any atom is -0.495 e. The SMILES string of the molecule is COc1cc(Nc2c(C#N)cnc3cc(OCCN4CCN(CCN)CC4)c(OC)cc23)c(Cl)cc1Cl. The van der Waals surface area contributed by atoms with Crippen LogP contribution in [0.2, 0.25) is 10.0 Å². The molecule has 37 heavy (non-hydrogen) atoms. The number of hydrogen-bond acceptors (Lipinski definition) is 9. The number of anilines is 2. The van der Waals surface area contributed by atoms with Crippen molar-refractivity contribution in [3.8, 4) is 23.3 Å². The number of fused-ring (bicyclic) bond motifs is 1. The second-order valence-electron chi connectivity index (χ2n) is 8.59. The highest BCUT2D eigenvalue weighted by Crippen LogP contribution is 2.40. The predicted octanol–water partition coefficient (Wildman–Crippen LogP) is 4.13. The second-order valence-corrected chi connectivity index (χ2v) is 9.41. The molecule has 196 valence electrons. The van der Waals surface area contributed by atoms with Gasteiger partial charge in [0.1, 0.15) is 18.4 Å². The number of nitrogens with one attached hydrogen (secondary N) is 1. The molecule has 0 spiro atoms. The Kier molecular flexibility index (Phi) is 9.14. The number of nitrogens with two attached hydrogens (primary N) is 1. The summed E-state index contributed by atoms with van der Waals surface area (Å²) in [6, 6.07) is 9.09. The molecule has 3 N–H and O–H groups in total. The van der Waals surface area contributed by atoms with E-state index in [1.54, 1.807) is 19.2 Å². The van der Waals surface area contributed by atoms with Gasteiger partial charge in [0.25, 0.3) is 0 Å². The van der Waals surface area contributed by atoms with Crippen LogP contribution in [0.3, 0.4) is 0 Å². The molecule has 0 radical (unpaired) electrons. The van der Waals surface area contributed by atoms with Crippen molar-refractivity contribution in [2.24, 2.45) is 5.73 Å². The topological polar surface area (TPSA) is 109 Å². The smallest absolute Gasteiger partial charge is 0.163 e. The van der Waals surface area contributed by atoms with Crippen molar-refractivity contribution in [2.45, 2.75) is 0 Å². The first-order valence-electron chi connectivity index (χ1n) is 12.0. The molecule has 0 amide bonds. The summed E-state index contributed by atoms with van der Waals surface area (Å²) in [7, 11) is 3.11. The van der Waals surface area contributed by atoms with Gasteiger partial charge < -0.3 is 25.3 Å². The molecule has 1 aliphatic rings. The Labute approximate surface area is 226 Å². The van der Waals surface area contributed by atoms with Gasteiger partial charge in [-0.15, -0.1) is 0 Å². The number of piperazine rings is 1. The van der Waals surface area contributed by atoms with Gasteiger partial charge in [-0.1, -0.05) is 23.2 Å². The summed E-state index contributed by atoms with van der Waals surface area (Å²) in [4.78, 5) is 9.24. The van der Waals surface area contributed by atoms with E-state index in [1.807, 2.05) is 12.1 Å². The summed E-state index contributed by atoms with van der Waals surface area (Å²) in [6.07, 6.45) is 1.52. The van der Waals surface area contributed by atoms with Gasteiger partial charge in [-0.2, -0.15) is 5.26 Å². The zero-order chi connectivity index (χ0) is 26.4. The van der Waals surface area contributed by atoms with Crippen LogP contribution in [-0.4, -0.2) is 81.4 Å². The van der Waals surface area contributed by atoms with Gasteiger partial charge in [-0.05, 0) is 12.1 Å². The first kappa shape index (κ1) is 27.0. The predicted molar refractivity (Wildman–Crippen MR) is 147 cm³/mol. The van der Waals surface area contributed by atoms with Crippen LogP contribution in [0.15, 0.2) is 30.5 Å². The van der Waals surface area contributed by atoms with Crippen molar-refractivity contribution in [3.05, 3.63) is 46.1 Å². The van der Waals surface area contributed by atoms with Crippen LogP contribution in [0.25, 0.3) is 10.9 Å². The minimum atomic E-state index is 0.349. The van der Waals surface area contributed by atoms with Crippen molar-refractivity contribution in [2.75, 3.05) is 72.0 Å². The lowest BCUT2D eigenvalue weighted by Gasteiger charge is -2.34. The van der Waals surface area contributed by atoms with E-state index in [1.165, 1.54) is 13.3 Å². The van der Waals surface area contributed by atoms with Crippen LogP contribution in [0.5, 0.6) is 17.2 Å². The monoisotopic (exact) mass is 544 g/mol. The normalized spacial score (nSPS) is 14.4. The first-order valence-corrected chi connectivity index (χ1v) is 12.7. The van der Waals surface area contributed by atoms with E-state index in [0.717, 1.165) is 39.3 Å². The molecule has 1 aromatic heterocycles.